The molecule has 188 valence electrons. The smallest absolute Gasteiger partial charge is 0.333 e. The molecule has 0 aromatic carbocycles. The number of furan rings is 1. The monoisotopic (exact) mass is 507 g/mol. The molecule has 11 nitrogen and oxygen atoms in total. The van der Waals surface area contributed by atoms with E-state index in [9.17, 15) is 17.6 Å². The Morgan fingerprint density at radius 1 is 1.31 bits per heavy atom. The number of hydrogen-bond donors (Lipinski definition) is 2. The van der Waals surface area contributed by atoms with Crippen LogP contribution in [0.3, 0.4) is 0 Å². The summed E-state index contributed by atoms with van der Waals surface area (Å²) in [7, 11) is -2.51. The maximum atomic E-state index is 14.6. The van der Waals surface area contributed by atoms with Crippen LogP contribution in [0.25, 0.3) is 0 Å². The number of anilines is 1. The molecule has 13 heteroatoms. The van der Waals surface area contributed by atoms with Crippen LogP contribution < -0.4 is 10.5 Å². The van der Waals surface area contributed by atoms with Crippen LogP contribution in [0, 0.1) is 5.92 Å². The van der Waals surface area contributed by atoms with Gasteiger partial charge in [-0.3, -0.25) is 8.98 Å². The summed E-state index contributed by atoms with van der Waals surface area (Å²) < 4.78 is 53.8. The Kier molecular flexibility index (Phi) is 7.60. The van der Waals surface area contributed by atoms with Crippen LogP contribution in [0.1, 0.15) is 40.3 Å². The van der Waals surface area contributed by atoms with Crippen molar-refractivity contribution in [3.05, 3.63) is 65.8 Å². The van der Waals surface area contributed by atoms with Crippen molar-refractivity contribution in [3.63, 3.8) is 0 Å². The third-order valence-electron chi connectivity index (χ3n) is 5.68. The highest BCUT2D eigenvalue weighted by Gasteiger charge is 2.36. The first kappa shape index (κ1) is 25.0. The number of nitrogens with one attached hydrogen (secondary N) is 1. The summed E-state index contributed by atoms with van der Waals surface area (Å²) in [5, 5.41) is 7.83. The van der Waals surface area contributed by atoms with E-state index in [0.29, 0.717) is 36.7 Å². The van der Waals surface area contributed by atoms with Gasteiger partial charge in [0.25, 0.3) is 0 Å². The lowest BCUT2D eigenvalue weighted by molar-refractivity contribution is 0.103. The predicted octanol–water partition coefficient (Wildman–Crippen LogP) is 2.05. The molecule has 1 fully saturated rings. The van der Waals surface area contributed by atoms with Gasteiger partial charge in [-0.15, -0.1) is 0 Å². The van der Waals surface area contributed by atoms with E-state index in [1.165, 1.54) is 12.5 Å². The summed E-state index contributed by atoms with van der Waals surface area (Å²) in [6.07, 6.45) is 5.20. The summed E-state index contributed by atoms with van der Waals surface area (Å²) >= 11 is 0. The van der Waals surface area contributed by atoms with Crippen molar-refractivity contribution in [2.24, 2.45) is 11.1 Å². The molecule has 0 bridgehead atoms. The van der Waals surface area contributed by atoms with E-state index in [4.69, 9.17) is 14.3 Å². The maximum absolute atomic E-state index is 14.6. The van der Waals surface area contributed by atoms with Crippen molar-refractivity contribution >= 4 is 21.9 Å². The second-order valence-electron chi connectivity index (χ2n) is 8.37. The van der Waals surface area contributed by atoms with Gasteiger partial charge in [0, 0.05) is 31.3 Å². The molecule has 0 saturated heterocycles. The zero-order chi connectivity index (χ0) is 25.0. The number of rotatable bonds is 11. The normalized spacial score (nSPS) is 20.3. The molecular weight excluding hydrogens is 481 g/mol. The van der Waals surface area contributed by atoms with Crippen molar-refractivity contribution in [2.75, 3.05) is 19.0 Å². The van der Waals surface area contributed by atoms with Gasteiger partial charge in [-0.2, -0.15) is 8.42 Å². The molecule has 3 aromatic heterocycles. The molecule has 3 aromatic rings. The number of halogens is 1. The quantitative estimate of drug-likeness (QED) is 0.371. The highest BCUT2D eigenvalue weighted by molar-refractivity contribution is 7.84. The lowest BCUT2D eigenvalue weighted by Crippen LogP contribution is -2.27. The third-order valence-corrected chi connectivity index (χ3v) is 6.15. The van der Waals surface area contributed by atoms with Crippen molar-refractivity contribution < 1.29 is 30.9 Å². The summed E-state index contributed by atoms with van der Waals surface area (Å²) in [6, 6.07) is 4.68. The molecule has 0 spiro atoms. The Morgan fingerprint density at radius 2 is 2.11 bits per heavy atom. The first-order valence-corrected chi connectivity index (χ1v) is 12.3. The fourth-order valence-corrected chi connectivity index (χ4v) is 4.47. The van der Waals surface area contributed by atoms with Crippen molar-refractivity contribution in [1.82, 2.24) is 14.5 Å². The number of carbonyl (C=O) groups is 1. The SMILES string of the molecule is COCc1ccc(Cn2ccc(C(=O)c3cncnc3NC3CC(COS(N)(=O)=O)CC3F)c2)o1. The topological polar surface area (TPSA) is 152 Å². The lowest BCUT2D eigenvalue weighted by Gasteiger charge is -2.17. The standard InChI is InChI=1S/C22H26FN5O6S/c1-32-12-17-3-2-16(34-17)10-28-5-4-15(9-28)21(29)18-8-25-13-26-22(18)27-20-7-14(6-19(20)23)11-33-35(24,30)31/h2-5,8-9,13-14,19-20H,6-7,10-12H2,1H3,(H2,24,30,31)(H,25,26,27). The summed E-state index contributed by atoms with van der Waals surface area (Å²) in [6.45, 7) is 0.601. The van der Waals surface area contributed by atoms with E-state index < -0.39 is 22.5 Å². The average molecular weight is 508 g/mol. The molecule has 0 aliphatic heterocycles. The summed E-state index contributed by atoms with van der Waals surface area (Å²) in [5.74, 6) is 0.956. The number of nitrogens with two attached hydrogens (primary N) is 1. The van der Waals surface area contributed by atoms with E-state index in [1.807, 2.05) is 16.7 Å². The van der Waals surface area contributed by atoms with Crippen LogP contribution >= 0.6 is 0 Å². The fourth-order valence-electron chi connectivity index (χ4n) is 4.08. The number of carbonyl (C=O) groups excluding carboxylic acids is 1. The van der Waals surface area contributed by atoms with Crippen LogP contribution in [0.15, 0.2) is 47.5 Å². The van der Waals surface area contributed by atoms with Crippen LogP contribution in [0.2, 0.25) is 0 Å². The first-order valence-electron chi connectivity index (χ1n) is 10.9. The number of ether oxygens (including phenoxy) is 1. The Labute approximate surface area is 201 Å². The molecule has 3 heterocycles. The van der Waals surface area contributed by atoms with Gasteiger partial charge in [-0.05, 0) is 37.0 Å². The Hall–Kier alpha value is -3.13. The van der Waals surface area contributed by atoms with Crippen LogP contribution in [-0.4, -0.2) is 54.7 Å². The molecule has 3 atom stereocenters. The van der Waals surface area contributed by atoms with Gasteiger partial charge < -0.3 is 19.0 Å². The third kappa shape index (κ3) is 6.51. The highest BCUT2D eigenvalue weighted by atomic mass is 32.2. The highest BCUT2D eigenvalue weighted by Crippen LogP contribution is 2.32. The molecule has 4 rings (SSSR count). The van der Waals surface area contributed by atoms with Gasteiger partial charge in [-0.1, -0.05) is 0 Å². The molecule has 0 radical (unpaired) electrons. The summed E-state index contributed by atoms with van der Waals surface area (Å²) in [4.78, 5) is 21.3. The lowest BCUT2D eigenvalue weighted by atomic mass is 10.1. The van der Waals surface area contributed by atoms with Gasteiger partial charge in [0.2, 0.25) is 0 Å². The Bertz CT molecular complexity index is 1280. The molecule has 1 aliphatic rings. The van der Waals surface area contributed by atoms with Crippen LogP contribution in [-0.2, 0) is 32.4 Å². The zero-order valence-corrected chi connectivity index (χ0v) is 19.8. The zero-order valence-electron chi connectivity index (χ0n) is 19.0. The minimum Gasteiger partial charge on any atom is -0.462 e. The summed E-state index contributed by atoms with van der Waals surface area (Å²) in [5.41, 5.74) is 0.608. The van der Waals surface area contributed by atoms with Crippen molar-refractivity contribution in [3.8, 4) is 0 Å². The van der Waals surface area contributed by atoms with Crippen LogP contribution in [0.5, 0.6) is 0 Å². The van der Waals surface area contributed by atoms with E-state index in [2.05, 4.69) is 19.5 Å². The molecule has 1 saturated carbocycles. The van der Waals surface area contributed by atoms with Gasteiger partial charge in [-0.25, -0.2) is 19.5 Å². The number of aromatic nitrogens is 3. The van der Waals surface area contributed by atoms with Gasteiger partial charge >= 0.3 is 10.3 Å². The van der Waals surface area contributed by atoms with E-state index in [-0.39, 0.29) is 36.1 Å². The predicted molar refractivity (Wildman–Crippen MR) is 123 cm³/mol. The second kappa shape index (κ2) is 10.6. The molecular formula is C22H26FN5O6S. The Morgan fingerprint density at radius 3 is 2.89 bits per heavy atom. The second-order valence-corrected chi connectivity index (χ2v) is 9.59. The Balaban J connectivity index is 1.43. The number of ketones is 1. The van der Waals surface area contributed by atoms with Gasteiger partial charge in [0.15, 0.2) is 5.78 Å². The van der Waals surface area contributed by atoms with Gasteiger partial charge in [0.1, 0.15) is 36.4 Å². The van der Waals surface area contributed by atoms with E-state index in [1.54, 1.807) is 25.6 Å². The van der Waals surface area contributed by atoms with Crippen molar-refractivity contribution in [2.45, 2.75) is 38.2 Å². The number of methoxy groups -OCH3 is 1. The number of nitrogens with zero attached hydrogens (tertiary/aromatic N) is 3. The van der Waals surface area contributed by atoms with Crippen molar-refractivity contribution in [1.29, 1.82) is 0 Å². The minimum absolute atomic E-state index is 0.100. The van der Waals surface area contributed by atoms with Gasteiger partial charge in [0.05, 0.1) is 24.8 Å². The number of alkyl halides is 1. The number of hydrogen-bond acceptors (Lipinski definition) is 9. The molecule has 35 heavy (non-hydrogen) atoms. The first-order chi connectivity index (χ1) is 16.7. The fraction of sp³-hybridized carbons (Fsp3) is 0.409. The van der Waals surface area contributed by atoms with E-state index in [0.717, 1.165) is 0 Å². The largest absolute Gasteiger partial charge is 0.462 e. The van der Waals surface area contributed by atoms with Crippen LogP contribution in [0.4, 0.5) is 10.2 Å². The van der Waals surface area contributed by atoms with E-state index >= 15 is 0 Å². The molecule has 3 unspecified atom stereocenters. The minimum atomic E-state index is -4.10. The maximum Gasteiger partial charge on any atom is 0.333 e. The average Bonchev–Trinajstić information content (AvgIpc) is 3.54. The molecule has 1 aliphatic carbocycles. The molecule has 3 N–H and O–H groups in total. The molecule has 0 amide bonds.